The van der Waals surface area contributed by atoms with Gasteiger partial charge in [0.2, 0.25) is 5.91 Å². The zero-order valence-electron chi connectivity index (χ0n) is 11.8. The molecule has 0 aliphatic heterocycles. The summed E-state index contributed by atoms with van der Waals surface area (Å²) >= 11 is 0. The van der Waals surface area contributed by atoms with E-state index >= 15 is 0 Å². The van der Waals surface area contributed by atoms with E-state index in [9.17, 15) is 9.90 Å². The summed E-state index contributed by atoms with van der Waals surface area (Å²) in [6, 6.07) is -0.0739. The smallest absolute Gasteiger partial charge is 0.237 e. The monoisotopic (exact) mass is 244 g/mol. The minimum absolute atomic E-state index is 0.00773. The molecule has 0 aromatic carbocycles. The second kappa shape index (κ2) is 7.67. The molecule has 0 spiro atoms. The van der Waals surface area contributed by atoms with Gasteiger partial charge in [-0.05, 0) is 33.6 Å². The summed E-state index contributed by atoms with van der Waals surface area (Å²) < 4.78 is 0. The van der Waals surface area contributed by atoms with Crippen molar-refractivity contribution in [2.75, 3.05) is 6.54 Å². The van der Waals surface area contributed by atoms with Crippen LogP contribution in [0.25, 0.3) is 0 Å². The summed E-state index contributed by atoms with van der Waals surface area (Å²) in [6.45, 7) is 10.1. The minimum atomic E-state index is -0.736. The molecule has 4 heteroatoms. The summed E-state index contributed by atoms with van der Waals surface area (Å²) in [7, 11) is 0. The van der Waals surface area contributed by atoms with Crippen molar-refractivity contribution in [1.82, 2.24) is 10.6 Å². The molecule has 0 aliphatic carbocycles. The van der Waals surface area contributed by atoms with E-state index in [-0.39, 0.29) is 18.0 Å². The van der Waals surface area contributed by atoms with Crippen molar-refractivity contribution in [3.8, 4) is 0 Å². The third kappa shape index (κ3) is 7.34. The molecule has 3 N–H and O–H groups in total. The van der Waals surface area contributed by atoms with Crippen LogP contribution in [-0.4, -0.2) is 35.2 Å². The molecule has 4 nitrogen and oxygen atoms in total. The molecule has 0 fully saturated rings. The first-order valence-electron chi connectivity index (χ1n) is 6.58. The van der Waals surface area contributed by atoms with Crippen LogP contribution in [-0.2, 0) is 4.79 Å². The lowest BCUT2D eigenvalue weighted by Gasteiger charge is -2.25. The van der Waals surface area contributed by atoms with Gasteiger partial charge in [0.15, 0.2) is 0 Å². The number of hydrogen-bond donors (Lipinski definition) is 3. The molecule has 0 saturated carbocycles. The Labute approximate surface area is 105 Å². The van der Waals surface area contributed by atoms with Crippen molar-refractivity contribution in [2.24, 2.45) is 0 Å². The van der Waals surface area contributed by atoms with Gasteiger partial charge in [-0.15, -0.1) is 0 Å². The van der Waals surface area contributed by atoms with Gasteiger partial charge in [0.1, 0.15) is 0 Å². The molecule has 0 bridgehead atoms. The van der Waals surface area contributed by atoms with Crippen molar-refractivity contribution in [1.29, 1.82) is 0 Å². The lowest BCUT2D eigenvalue weighted by Crippen LogP contribution is -2.49. The van der Waals surface area contributed by atoms with E-state index in [0.29, 0.717) is 6.54 Å². The van der Waals surface area contributed by atoms with E-state index in [1.54, 1.807) is 6.92 Å². The lowest BCUT2D eigenvalue weighted by atomic mass is 10.0. The van der Waals surface area contributed by atoms with E-state index in [4.69, 9.17) is 0 Å². The predicted octanol–water partition coefficient (Wildman–Crippen LogP) is 1.43. The maximum Gasteiger partial charge on any atom is 0.237 e. The SMILES string of the molecule is CCCC(C)(O)CNC(C)C(=O)NC(C)CC. The average molecular weight is 244 g/mol. The van der Waals surface area contributed by atoms with Gasteiger partial charge < -0.3 is 15.7 Å². The maximum atomic E-state index is 11.7. The molecule has 0 aromatic rings. The number of carbonyl (C=O) groups excluding carboxylic acids is 1. The largest absolute Gasteiger partial charge is 0.389 e. The predicted molar refractivity (Wildman–Crippen MR) is 70.9 cm³/mol. The van der Waals surface area contributed by atoms with Gasteiger partial charge in [0.05, 0.1) is 11.6 Å². The standard InChI is InChI=1S/C13H28N2O2/c1-6-8-13(5,17)9-14-11(4)12(16)15-10(3)7-2/h10-11,14,17H,6-9H2,1-5H3,(H,15,16). The van der Waals surface area contributed by atoms with Gasteiger partial charge in [-0.2, -0.15) is 0 Å². The molecule has 0 heterocycles. The normalized spacial score (nSPS) is 18.2. The van der Waals surface area contributed by atoms with Crippen molar-refractivity contribution in [2.45, 2.75) is 71.6 Å². The molecule has 0 rings (SSSR count). The van der Waals surface area contributed by atoms with E-state index in [2.05, 4.69) is 10.6 Å². The summed E-state index contributed by atoms with van der Waals surface area (Å²) in [5, 5.41) is 16.0. The van der Waals surface area contributed by atoms with Crippen LogP contribution in [0, 0.1) is 0 Å². The topological polar surface area (TPSA) is 61.4 Å². The van der Waals surface area contributed by atoms with Crippen molar-refractivity contribution >= 4 is 5.91 Å². The lowest BCUT2D eigenvalue weighted by molar-refractivity contribution is -0.123. The first-order valence-corrected chi connectivity index (χ1v) is 6.58. The summed E-state index contributed by atoms with van der Waals surface area (Å²) in [5.41, 5.74) is -0.736. The molecule has 1 amide bonds. The zero-order chi connectivity index (χ0) is 13.5. The van der Waals surface area contributed by atoms with Crippen LogP contribution >= 0.6 is 0 Å². The third-order valence-electron chi connectivity index (χ3n) is 2.97. The van der Waals surface area contributed by atoms with E-state index < -0.39 is 5.60 Å². The highest BCUT2D eigenvalue weighted by molar-refractivity contribution is 5.81. The first-order chi connectivity index (χ1) is 7.82. The van der Waals surface area contributed by atoms with Crippen molar-refractivity contribution < 1.29 is 9.90 Å². The number of rotatable bonds is 8. The van der Waals surface area contributed by atoms with Crippen molar-refractivity contribution in [3.63, 3.8) is 0 Å². The first kappa shape index (κ1) is 16.4. The van der Waals surface area contributed by atoms with Gasteiger partial charge >= 0.3 is 0 Å². The van der Waals surface area contributed by atoms with Crippen LogP contribution in [0.1, 0.15) is 53.9 Å². The molecule has 0 radical (unpaired) electrons. The zero-order valence-corrected chi connectivity index (χ0v) is 11.8. The molecule has 0 saturated heterocycles. The van der Waals surface area contributed by atoms with E-state index in [1.165, 1.54) is 0 Å². The Kier molecular flexibility index (Phi) is 7.39. The molecule has 0 aliphatic rings. The maximum absolute atomic E-state index is 11.7. The number of amides is 1. The summed E-state index contributed by atoms with van der Waals surface area (Å²) in [5.74, 6) is -0.00773. The third-order valence-corrected chi connectivity index (χ3v) is 2.97. The fraction of sp³-hybridized carbons (Fsp3) is 0.923. The molecule has 0 aromatic heterocycles. The molecule has 3 atom stereocenters. The highest BCUT2D eigenvalue weighted by atomic mass is 16.3. The fourth-order valence-electron chi connectivity index (χ4n) is 1.56. The molecule has 17 heavy (non-hydrogen) atoms. The number of nitrogens with one attached hydrogen (secondary N) is 2. The minimum Gasteiger partial charge on any atom is -0.389 e. The van der Waals surface area contributed by atoms with Crippen molar-refractivity contribution in [3.05, 3.63) is 0 Å². The van der Waals surface area contributed by atoms with Gasteiger partial charge in [0.25, 0.3) is 0 Å². The Morgan fingerprint density at radius 2 is 1.94 bits per heavy atom. The van der Waals surface area contributed by atoms with Crippen LogP contribution in [0.15, 0.2) is 0 Å². The quantitative estimate of drug-likeness (QED) is 0.605. The molecular weight excluding hydrogens is 216 g/mol. The van der Waals surface area contributed by atoms with Crippen LogP contribution < -0.4 is 10.6 Å². The second-order valence-electron chi connectivity index (χ2n) is 5.17. The van der Waals surface area contributed by atoms with Gasteiger partial charge in [-0.3, -0.25) is 4.79 Å². The Bertz CT molecular complexity index is 229. The highest BCUT2D eigenvalue weighted by Crippen LogP contribution is 2.10. The molecular formula is C13H28N2O2. The van der Waals surface area contributed by atoms with E-state index in [1.807, 2.05) is 27.7 Å². The van der Waals surface area contributed by atoms with Gasteiger partial charge in [-0.1, -0.05) is 20.3 Å². The fourth-order valence-corrected chi connectivity index (χ4v) is 1.56. The average Bonchev–Trinajstić information content (AvgIpc) is 2.25. The summed E-state index contributed by atoms with van der Waals surface area (Å²) in [6.07, 6.45) is 2.59. The number of hydrogen-bond acceptors (Lipinski definition) is 3. The van der Waals surface area contributed by atoms with Crippen LogP contribution in [0.2, 0.25) is 0 Å². The molecule has 102 valence electrons. The Balaban J connectivity index is 4.00. The van der Waals surface area contributed by atoms with Gasteiger partial charge in [-0.25, -0.2) is 0 Å². The summed E-state index contributed by atoms with van der Waals surface area (Å²) in [4.78, 5) is 11.7. The van der Waals surface area contributed by atoms with E-state index in [0.717, 1.165) is 19.3 Å². The second-order valence-corrected chi connectivity index (χ2v) is 5.17. The Hall–Kier alpha value is -0.610. The van der Waals surface area contributed by atoms with Gasteiger partial charge in [0, 0.05) is 12.6 Å². The Morgan fingerprint density at radius 1 is 1.35 bits per heavy atom. The number of carbonyl (C=O) groups is 1. The molecule has 3 unspecified atom stereocenters. The number of aliphatic hydroxyl groups is 1. The van der Waals surface area contributed by atoms with Crippen LogP contribution in [0.5, 0.6) is 0 Å². The highest BCUT2D eigenvalue weighted by Gasteiger charge is 2.22. The van der Waals surface area contributed by atoms with Crippen LogP contribution in [0.3, 0.4) is 0 Å². The Morgan fingerprint density at radius 3 is 2.41 bits per heavy atom. The van der Waals surface area contributed by atoms with Crippen LogP contribution in [0.4, 0.5) is 0 Å².